The topological polar surface area (TPSA) is 66.9 Å². The van der Waals surface area contributed by atoms with E-state index in [2.05, 4.69) is 0 Å². The minimum atomic E-state index is -0.589. The lowest BCUT2D eigenvalue weighted by Gasteiger charge is -2.27. The van der Waals surface area contributed by atoms with Crippen molar-refractivity contribution in [2.24, 2.45) is 11.1 Å². The first-order valence-corrected chi connectivity index (χ1v) is 5.20. The molecule has 3 nitrogen and oxygen atoms in total. The maximum Gasteiger partial charge on any atom is 0.169 e. The van der Waals surface area contributed by atoms with Crippen molar-refractivity contribution in [3.05, 3.63) is 35.4 Å². The van der Waals surface area contributed by atoms with Crippen LogP contribution < -0.4 is 5.73 Å². The maximum atomic E-state index is 12.1. The fourth-order valence-corrected chi connectivity index (χ4v) is 1.27. The van der Waals surface area contributed by atoms with Gasteiger partial charge in [-0.3, -0.25) is 4.79 Å². The second kappa shape index (κ2) is 5.81. The first-order valence-electron chi connectivity index (χ1n) is 5.20. The van der Waals surface area contributed by atoms with Gasteiger partial charge in [-0.05, 0) is 19.1 Å². The molecule has 1 unspecified atom stereocenters. The minimum Gasteiger partial charge on any atom is -0.327 e. The largest absolute Gasteiger partial charge is 0.327 e. The summed E-state index contributed by atoms with van der Waals surface area (Å²) in [7, 11) is 0. The van der Waals surface area contributed by atoms with Crippen molar-refractivity contribution in [1.29, 1.82) is 5.26 Å². The van der Waals surface area contributed by atoms with Gasteiger partial charge in [-0.1, -0.05) is 26.0 Å². The van der Waals surface area contributed by atoms with E-state index in [9.17, 15) is 4.79 Å². The van der Waals surface area contributed by atoms with E-state index >= 15 is 0 Å². The van der Waals surface area contributed by atoms with Gasteiger partial charge in [-0.25, -0.2) is 0 Å². The molecule has 0 saturated heterocycles. The van der Waals surface area contributed by atoms with Crippen LogP contribution in [0.2, 0.25) is 0 Å². The summed E-state index contributed by atoms with van der Waals surface area (Å²) in [4.78, 5) is 12.1. The van der Waals surface area contributed by atoms with Crippen molar-refractivity contribution in [3.8, 4) is 6.07 Å². The fourth-order valence-electron chi connectivity index (χ4n) is 1.27. The van der Waals surface area contributed by atoms with E-state index in [-0.39, 0.29) is 24.2 Å². The third-order valence-corrected chi connectivity index (χ3v) is 3.00. The molecule has 1 aromatic rings. The molecule has 0 amide bonds. The van der Waals surface area contributed by atoms with Crippen molar-refractivity contribution in [3.63, 3.8) is 0 Å². The number of nitriles is 1. The molecule has 0 saturated carbocycles. The Kier molecular flexibility index (Phi) is 5.34. The zero-order valence-corrected chi connectivity index (χ0v) is 11.0. The third kappa shape index (κ3) is 3.29. The number of halogens is 1. The molecular formula is C13H17ClN2O. The summed E-state index contributed by atoms with van der Waals surface area (Å²) in [5, 5.41) is 8.66. The van der Waals surface area contributed by atoms with Crippen molar-refractivity contribution in [2.75, 3.05) is 0 Å². The number of hydrogen-bond donors (Lipinski definition) is 1. The number of rotatable bonds is 3. The molecule has 0 radical (unpaired) electrons. The SMILES string of the molecule is CC(N)C(C)(C)C(=O)c1ccc(C#N)cc1.Cl. The molecule has 1 atom stereocenters. The van der Waals surface area contributed by atoms with Crippen LogP contribution in [0.5, 0.6) is 0 Å². The highest BCUT2D eigenvalue weighted by molar-refractivity contribution is 6.00. The fraction of sp³-hybridized carbons (Fsp3) is 0.385. The Labute approximate surface area is 108 Å². The smallest absolute Gasteiger partial charge is 0.169 e. The molecule has 0 heterocycles. The Hall–Kier alpha value is -1.37. The van der Waals surface area contributed by atoms with Crippen molar-refractivity contribution in [2.45, 2.75) is 26.8 Å². The standard InChI is InChI=1S/C13H16N2O.ClH/c1-9(15)13(2,3)12(16)11-6-4-10(8-14)5-7-11;/h4-7,9H,15H2,1-3H3;1H. The summed E-state index contributed by atoms with van der Waals surface area (Å²) in [5.41, 5.74) is 6.35. The predicted octanol–water partition coefficient (Wildman–Crippen LogP) is 2.54. The van der Waals surface area contributed by atoms with E-state index in [0.29, 0.717) is 11.1 Å². The summed E-state index contributed by atoms with van der Waals surface area (Å²) in [6.07, 6.45) is 0. The van der Waals surface area contributed by atoms with Crippen LogP contribution >= 0.6 is 12.4 Å². The lowest BCUT2D eigenvalue weighted by molar-refractivity contribution is 0.0811. The van der Waals surface area contributed by atoms with E-state index < -0.39 is 5.41 Å². The highest BCUT2D eigenvalue weighted by atomic mass is 35.5. The number of nitrogens with two attached hydrogens (primary N) is 1. The average molecular weight is 253 g/mol. The molecule has 0 aliphatic rings. The van der Waals surface area contributed by atoms with E-state index in [0.717, 1.165) is 0 Å². The first-order chi connectivity index (χ1) is 7.39. The van der Waals surface area contributed by atoms with E-state index in [1.807, 2.05) is 26.8 Å². The van der Waals surface area contributed by atoms with Crippen LogP contribution in [0.3, 0.4) is 0 Å². The van der Waals surface area contributed by atoms with E-state index in [4.69, 9.17) is 11.0 Å². The second-order valence-corrected chi connectivity index (χ2v) is 4.53. The van der Waals surface area contributed by atoms with Gasteiger partial charge in [-0.2, -0.15) is 5.26 Å². The Bertz CT molecular complexity index is 430. The highest BCUT2D eigenvalue weighted by Crippen LogP contribution is 2.24. The van der Waals surface area contributed by atoms with Crippen LogP contribution in [0.15, 0.2) is 24.3 Å². The van der Waals surface area contributed by atoms with Gasteiger partial charge in [0.15, 0.2) is 5.78 Å². The molecular weight excluding hydrogens is 236 g/mol. The average Bonchev–Trinajstić information content (AvgIpc) is 2.28. The number of carbonyl (C=O) groups excluding carboxylic acids is 1. The molecule has 92 valence electrons. The van der Waals surface area contributed by atoms with Crippen LogP contribution in [-0.2, 0) is 0 Å². The molecule has 0 spiro atoms. The maximum absolute atomic E-state index is 12.1. The van der Waals surface area contributed by atoms with Crippen molar-refractivity contribution >= 4 is 18.2 Å². The molecule has 2 N–H and O–H groups in total. The summed E-state index contributed by atoms with van der Waals surface area (Å²) in [6, 6.07) is 8.44. The lowest BCUT2D eigenvalue weighted by Crippen LogP contribution is -2.41. The number of ketones is 1. The van der Waals surface area contributed by atoms with E-state index in [1.54, 1.807) is 24.3 Å². The Morgan fingerprint density at radius 3 is 2.18 bits per heavy atom. The van der Waals surface area contributed by atoms with Crippen LogP contribution in [0.4, 0.5) is 0 Å². The summed E-state index contributed by atoms with van der Waals surface area (Å²) >= 11 is 0. The highest BCUT2D eigenvalue weighted by Gasteiger charge is 2.32. The Balaban J connectivity index is 0.00000256. The van der Waals surface area contributed by atoms with Crippen LogP contribution in [0, 0.1) is 16.7 Å². The first kappa shape index (κ1) is 15.6. The second-order valence-electron chi connectivity index (χ2n) is 4.53. The molecule has 4 heteroatoms. The van der Waals surface area contributed by atoms with Gasteiger partial charge < -0.3 is 5.73 Å². The van der Waals surface area contributed by atoms with E-state index in [1.165, 1.54) is 0 Å². The monoisotopic (exact) mass is 252 g/mol. The van der Waals surface area contributed by atoms with Crippen molar-refractivity contribution < 1.29 is 4.79 Å². The van der Waals surface area contributed by atoms with Crippen LogP contribution in [-0.4, -0.2) is 11.8 Å². The Morgan fingerprint density at radius 2 is 1.82 bits per heavy atom. The zero-order valence-electron chi connectivity index (χ0n) is 10.2. The summed E-state index contributed by atoms with van der Waals surface area (Å²) in [6.45, 7) is 5.48. The van der Waals surface area contributed by atoms with Gasteiger partial charge in [-0.15, -0.1) is 12.4 Å². The van der Waals surface area contributed by atoms with Gasteiger partial charge in [0.2, 0.25) is 0 Å². The van der Waals surface area contributed by atoms with Crippen LogP contribution in [0.25, 0.3) is 0 Å². The minimum absolute atomic E-state index is 0. The molecule has 1 aromatic carbocycles. The van der Waals surface area contributed by atoms with Gasteiger partial charge in [0.25, 0.3) is 0 Å². The third-order valence-electron chi connectivity index (χ3n) is 3.00. The number of nitrogens with zero attached hydrogens (tertiary/aromatic N) is 1. The molecule has 0 aliphatic carbocycles. The van der Waals surface area contributed by atoms with Crippen molar-refractivity contribution in [1.82, 2.24) is 0 Å². The molecule has 0 aliphatic heterocycles. The quantitative estimate of drug-likeness (QED) is 0.841. The molecule has 0 fully saturated rings. The summed E-state index contributed by atoms with van der Waals surface area (Å²) in [5.74, 6) is 0.00647. The van der Waals surface area contributed by atoms with Gasteiger partial charge >= 0.3 is 0 Å². The number of carbonyl (C=O) groups is 1. The molecule has 0 bridgehead atoms. The zero-order chi connectivity index (χ0) is 12.3. The molecule has 17 heavy (non-hydrogen) atoms. The molecule has 0 aromatic heterocycles. The van der Waals surface area contributed by atoms with Gasteiger partial charge in [0.05, 0.1) is 11.6 Å². The number of benzene rings is 1. The summed E-state index contributed by atoms with van der Waals surface area (Å²) < 4.78 is 0. The molecule has 1 rings (SSSR count). The predicted molar refractivity (Wildman–Crippen MR) is 70.2 cm³/mol. The lowest BCUT2D eigenvalue weighted by atomic mass is 9.79. The van der Waals surface area contributed by atoms with Gasteiger partial charge in [0, 0.05) is 17.0 Å². The Morgan fingerprint density at radius 1 is 1.35 bits per heavy atom. The number of hydrogen-bond acceptors (Lipinski definition) is 3. The normalized spacial score (nSPS) is 12.2. The number of Topliss-reactive ketones (excluding diaryl/α,β-unsaturated/α-hetero) is 1. The van der Waals surface area contributed by atoms with Crippen LogP contribution in [0.1, 0.15) is 36.7 Å². The van der Waals surface area contributed by atoms with Gasteiger partial charge in [0.1, 0.15) is 0 Å².